The van der Waals surface area contributed by atoms with E-state index in [2.05, 4.69) is 5.32 Å². The van der Waals surface area contributed by atoms with E-state index in [0.29, 0.717) is 32.4 Å². The van der Waals surface area contributed by atoms with Crippen LogP contribution in [0.5, 0.6) is 5.75 Å². The zero-order valence-electron chi connectivity index (χ0n) is 14.6. The van der Waals surface area contributed by atoms with Crippen LogP contribution in [0.25, 0.3) is 0 Å². The first-order chi connectivity index (χ1) is 11.6. The monoisotopic (exact) mass is 334 g/mol. The van der Waals surface area contributed by atoms with Crippen molar-refractivity contribution >= 4 is 17.6 Å². The Labute approximate surface area is 143 Å². The Bertz CT molecular complexity index is 568. The van der Waals surface area contributed by atoms with Crippen LogP contribution < -0.4 is 10.1 Å². The van der Waals surface area contributed by atoms with Crippen LogP contribution in [0.1, 0.15) is 26.2 Å². The molecule has 0 spiro atoms. The predicted octanol–water partition coefficient (Wildman–Crippen LogP) is 2.30. The zero-order valence-corrected chi connectivity index (χ0v) is 14.6. The molecular formula is C18H26N2O4. The van der Waals surface area contributed by atoms with E-state index in [1.165, 1.54) is 7.11 Å². The number of likely N-dealkylation sites (tertiary alicyclic amines) is 1. The molecule has 0 aliphatic carbocycles. The molecule has 1 fully saturated rings. The quantitative estimate of drug-likeness (QED) is 0.809. The summed E-state index contributed by atoms with van der Waals surface area (Å²) in [7, 11) is 3.03. The van der Waals surface area contributed by atoms with Gasteiger partial charge in [0.25, 0.3) is 0 Å². The van der Waals surface area contributed by atoms with Gasteiger partial charge in [-0.05, 0) is 31.4 Å². The van der Waals surface area contributed by atoms with E-state index in [1.54, 1.807) is 7.11 Å². The summed E-state index contributed by atoms with van der Waals surface area (Å²) in [6.07, 6.45) is 2.01. The van der Waals surface area contributed by atoms with E-state index in [9.17, 15) is 9.59 Å². The van der Waals surface area contributed by atoms with Gasteiger partial charge in [0.05, 0.1) is 20.1 Å². The van der Waals surface area contributed by atoms with E-state index < -0.39 is 0 Å². The number of nitrogens with zero attached hydrogens (tertiary/aromatic N) is 1. The summed E-state index contributed by atoms with van der Waals surface area (Å²) in [5.41, 5.74) is 0.860. The van der Waals surface area contributed by atoms with Crippen molar-refractivity contribution < 1.29 is 19.1 Å². The number of esters is 1. The minimum Gasteiger partial charge on any atom is -0.497 e. The Hall–Kier alpha value is -2.24. The molecular weight excluding hydrogens is 308 g/mol. The second-order valence-corrected chi connectivity index (χ2v) is 5.96. The number of methoxy groups -OCH3 is 2. The molecule has 6 heteroatoms. The van der Waals surface area contributed by atoms with Crippen LogP contribution in [0.15, 0.2) is 24.3 Å². The summed E-state index contributed by atoms with van der Waals surface area (Å²) in [6.45, 7) is 3.17. The number of carbonyl (C=O) groups is 2. The lowest BCUT2D eigenvalue weighted by Gasteiger charge is -2.33. The van der Waals surface area contributed by atoms with E-state index in [1.807, 2.05) is 36.1 Å². The van der Waals surface area contributed by atoms with Gasteiger partial charge in [0.15, 0.2) is 0 Å². The molecule has 1 aliphatic heterocycles. The van der Waals surface area contributed by atoms with Crippen molar-refractivity contribution in [2.24, 2.45) is 5.92 Å². The van der Waals surface area contributed by atoms with Crippen LogP contribution >= 0.6 is 0 Å². The number of piperidine rings is 1. The highest BCUT2D eigenvalue weighted by Gasteiger charge is 2.30. The fraction of sp³-hybridized carbons (Fsp3) is 0.556. The molecule has 0 bridgehead atoms. The van der Waals surface area contributed by atoms with Crippen molar-refractivity contribution in [2.45, 2.75) is 32.2 Å². The largest absolute Gasteiger partial charge is 0.497 e. The molecule has 0 aromatic heterocycles. The van der Waals surface area contributed by atoms with Gasteiger partial charge in [0, 0.05) is 24.8 Å². The van der Waals surface area contributed by atoms with Crippen LogP contribution in [-0.4, -0.2) is 50.1 Å². The first kappa shape index (κ1) is 18.1. The summed E-state index contributed by atoms with van der Waals surface area (Å²) < 4.78 is 10.0. The lowest BCUT2D eigenvalue weighted by molar-refractivity contribution is -0.149. The van der Waals surface area contributed by atoms with Crippen molar-refractivity contribution in [3.05, 3.63) is 24.3 Å². The maximum absolute atomic E-state index is 12.8. The lowest BCUT2D eigenvalue weighted by Crippen LogP contribution is -2.47. The van der Waals surface area contributed by atoms with Crippen LogP contribution in [0.3, 0.4) is 0 Å². The molecule has 1 atom stereocenters. The summed E-state index contributed by atoms with van der Waals surface area (Å²) in [5, 5.41) is 3.28. The van der Waals surface area contributed by atoms with Crippen LogP contribution in [0.2, 0.25) is 0 Å². The molecule has 0 unspecified atom stereocenters. The summed E-state index contributed by atoms with van der Waals surface area (Å²) >= 11 is 0. The smallest absolute Gasteiger partial charge is 0.308 e. The average Bonchev–Trinajstić information content (AvgIpc) is 2.65. The Morgan fingerprint density at radius 2 is 2.00 bits per heavy atom. The normalized spacial score (nSPS) is 16.4. The standard InChI is InChI=1S/C18H26N2O4/c1-4-16(19-14-6-5-7-15(12-14)23-2)17(21)20-10-8-13(9-11-20)18(22)24-3/h5-7,12-13,16,19H,4,8-11H2,1-3H3/t16-/m1/s1. The van der Waals surface area contributed by atoms with E-state index in [0.717, 1.165) is 11.4 Å². The highest BCUT2D eigenvalue weighted by molar-refractivity contribution is 5.85. The third-order valence-corrected chi connectivity index (χ3v) is 4.46. The van der Waals surface area contributed by atoms with Crippen LogP contribution in [0, 0.1) is 5.92 Å². The summed E-state index contributed by atoms with van der Waals surface area (Å²) in [6, 6.07) is 7.26. The van der Waals surface area contributed by atoms with Crippen molar-refractivity contribution in [1.82, 2.24) is 4.90 Å². The van der Waals surface area contributed by atoms with Gasteiger partial charge in [0.2, 0.25) is 5.91 Å². The molecule has 6 nitrogen and oxygen atoms in total. The van der Waals surface area contributed by atoms with E-state index in [-0.39, 0.29) is 23.8 Å². The molecule has 1 heterocycles. The average molecular weight is 334 g/mol. The van der Waals surface area contributed by atoms with E-state index >= 15 is 0 Å². The van der Waals surface area contributed by atoms with Gasteiger partial charge in [-0.1, -0.05) is 13.0 Å². The number of carbonyl (C=O) groups excluding carboxylic acids is 2. The third kappa shape index (κ3) is 4.40. The number of hydrogen-bond donors (Lipinski definition) is 1. The number of nitrogens with one attached hydrogen (secondary N) is 1. The van der Waals surface area contributed by atoms with Gasteiger partial charge in [-0.3, -0.25) is 9.59 Å². The minimum absolute atomic E-state index is 0.0728. The number of benzene rings is 1. The predicted molar refractivity (Wildman–Crippen MR) is 92.0 cm³/mol. The Balaban J connectivity index is 1.95. The molecule has 132 valence electrons. The fourth-order valence-corrected chi connectivity index (χ4v) is 2.98. The topological polar surface area (TPSA) is 67.9 Å². The SMILES string of the molecule is CC[C@@H](Nc1cccc(OC)c1)C(=O)N1CCC(C(=O)OC)CC1. The molecule has 1 N–H and O–H groups in total. The molecule has 2 rings (SSSR count). The Kier molecular flexibility index (Phi) is 6.46. The molecule has 0 saturated carbocycles. The molecule has 1 aromatic carbocycles. The van der Waals surface area contributed by atoms with Crippen molar-refractivity contribution in [3.8, 4) is 5.75 Å². The Morgan fingerprint density at radius 1 is 1.29 bits per heavy atom. The van der Waals surface area contributed by atoms with Crippen molar-refractivity contribution in [2.75, 3.05) is 32.6 Å². The molecule has 24 heavy (non-hydrogen) atoms. The van der Waals surface area contributed by atoms with Crippen molar-refractivity contribution in [1.29, 1.82) is 0 Å². The minimum atomic E-state index is -0.285. The summed E-state index contributed by atoms with van der Waals surface area (Å²) in [5.74, 6) is 0.555. The van der Waals surface area contributed by atoms with Gasteiger partial charge in [-0.25, -0.2) is 0 Å². The van der Waals surface area contributed by atoms with Crippen LogP contribution in [0.4, 0.5) is 5.69 Å². The van der Waals surface area contributed by atoms with Gasteiger partial charge >= 0.3 is 5.97 Å². The molecule has 1 aromatic rings. The third-order valence-electron chi connectivity index (χ3n) is 4.46. The lowest BCUT2D eigenvalue weighted by atomic mass is 9.96. The first-order valence-electron chi connectivity index (χ1n) is 8.36. The number of amides is 1. The molecule has 1 saturated heterocycles. The number of rotatable bonds is 6. The molecule has 1 aliphatic rings. The fourth-order valence-electron chi connectivity index (χ4n) is 2.98. The molecule has 0 radical (unpaired) electrons. The van der Waals surface area contributed by atoms with E-state index in [4.69, 9.17) is 9.47 Å². The number of anilines is 1. The Morgan fingerprint density at radius 3 is 2.58 bits per heavy atom. The van der Waals surface area contributed by atoms with Gasteiger partial charge in [-0.15, -0.1) is 0 Å². The summed E-state index contributed by atoms with van der Waals surface area (Å²) in [4.78, 5) is 26.2. The second-order valence-electron chi connectivity index (χ2n) is 5.96. The van der Waals surface area contributed by atoms with Gasteiger partial charge < -0.3 is 19.7 Å². The van der Waals surface area contributed by atoms with Gasteiger partial charge in [0.1, 0.15) is 11.8 Å². The number of hydrogen-bond acceptors (Lipinski definition) is 5. The maximum Gasteiger partial charge on any atom is 0.308 e. The van der Waals surface area contributed by atoms with Crippen molar-refractivity contribution in [3.63, 3.8) is 0 Å². The zero-order chi connectivity index (χ0) is 17.5. The molecule has 1 amide bonds. The second kappa shape index (κ2) is 8.57. The highest BCUT2D eigenvalue weighted by atomic mass is 16.5. The highest BCUT2D eigenvalue weighted by Crippen LogP contribution is 2.22. The first-order valence-corrected chi connectivity index (χ1v) is 8.36. The number of ether oxygens (including phenoxy) is 2. The van der Waals surface area contributed by atoms with Crippen LogP contribution in [-0.2, 0) is 14.3 Å². The maximum atomic E-state index is 12.8. The van der Waals surface area contributed by atoms with Gasteiger partial charge in [-0.2, -0.15) is 0 Å².